The van der Waals surface area contributed by atoms with Gasteiger partial charge in [0.2, 0.25) is 0 Å². The molecule has 0 N–H and O–H groups in total. The molecule has 0 spiro atoms. The third-order valence-electron chi connectivity index (χ3n) is 5.29. The third kappa shape index (κ3) is 1.45. The maximum Gasteiger partial charge on any atom is 0.261 e. The average Bonchev–Trinajstić information content (AvgIpc) is 2.83. The van der Waals surface area contributed by atoms with E-state index in [1.807, 2.05) is 12.1 Å². The van der Waals surface area contributed by atoms with Gasteiger partial charge in [-0.3, -0.25) is 19.4 Å². The van der Waals surface area contributed by atoms with Crippen molar-refractivity contribution in [2.45, 2.75) is 43.8 Å². The number of nitrogens with zero attached hydrogens (tertiary/aromatic N) is 2. The number of carbonyl (C=O) groups excluding carboxylic acids is 2. The first-order chi connectivity index (χ1) is 9.68. The number of carbonyl (C=O) groups is 2. The minimum atomic E-state index is -0.102. The van der Waals surface area contributed by atoms with Gasteiger partial charge < -0.3 is 0 Å². The minimum absolute atomic E-state index is 0.0474. The summed E-state index contributed by atoms with van der Waals surface area (Å²) in [5.74, 6) is -0.205. The first kappa shape index (κ1) is 12.1. The van der Waals surface area contributed by atoms with E-state index in [1.165, 1.54) is 11.3 Å². The van der Waals surface area contributed by atoms with Crippen LogP contribution in [0.2, 0.25) is 0 Å². The molecule has 4 rings (SSSR count). The standard InChI is InChI=1S/C16H18N2O2/c1-17-10-6-8-13(17)14(9-7-10)18-15(19)11-4-2-3-5-12(11)16(18)20/h2-5,10,13-14H,6-9H2,1H3/t10-,13+,14?/m1/s1. The number of benzene rings is 1. The molecule has 2 saturated heterocycles. The van der Waals surface area contributed by atoms with Crippen LogP contribution < -0.4 is 0 Å². The fraction of sp³-hybridized carbons (Fsp3) is 0.500. The predicted molar refractivity (Wildman–Crippen MR) is 74.5 cm³/mol. The predicted octanol–water partition coefficient (Wildman–Crippen LogP) is 1.91. The van der Waals surface area contributed by atoms with Gasteiger partial charge in [0.05, 0.1) is 17.2 Å². The van der Waals surface area contributed by atoms with Crippen molar-refractivity contribution in [3.05, 3.63) is 35.4 Å². The fourth-order valence-electron chi connectivity index (χ4n) is 4.22. The molecule has 1 unspecified atom stereocenters. The van der Waals surface area contributed by atoms with E-state index in [1.54, 1.807) is 12.1 Å². The summed E-state index contributed by atoms with van der Waals surface area (Å²) in [4.78, 5) is 29.1. The molecule has 0 radical (unpaired) electrons. The molecule has 104 valence electrons. The number of piperidine rings is 1. The molecule has 4 nitrogen and oxygen atoms in total. The normalized spacial score (nSPS) is 32.9. The summed E-state index contributed by atoms with van der Waals surface area (Å²) < 4.78 is 0. The van der Waals surface area contributed by atoms with E-state index in [0.717, 1.165) is 19.3 Å². The summed E-state index contributed by atoms with van der Waals surface area (Å²) in [6.07, 6.45) is 4.33. The largest absolute Gasteiger partial charge is 0.298 e. The fourth-order valence-corrected chi connectivity index (χ4v) is 4.22. The van der Waals surface area contributed by atoms with Gasteiger partial charge in [-0.2, -0.15) is 0 Å². The molecule has 1 aromatic carbocycles. The highest BCUT2D eigenvalue weighted by Crippen LogP contribution is 2.39. The van der Waals surface area contributed by atoms with Crippen molar-refractivity contribution < 1.29 is 9.59 Å². The number of likely N-dealkylation sites (N-methyl/N-ethyl adjacent to an activating group) is 1. The second-order valence-corrected chi connectivity index (χ2v) is 6.13. The van der Waals surface area contributed by atoms with Crippen molar-refractivity contribution in [1.29, 1.82) is 0 Å². The molecular weight excluding hydrogens is 252 g/mol. The number of hydrogen-bond acceptors (Lipinski definition) is 3. The van der Waals surface area contributed by atoms with Crippen LogP contribution in [0.1, 0.15) is 46.4 Å². The van der Waals surface area contributed by atoms with E-state index >= 15 is 0 Å². The third-order valence-corrected chi connectivity index (χ3v) is 5.29. The Labute approximate surface area is 118 Å². The summed E-state index contributed by atoms with van der Waals surface area (Å²) >= 11 is 0. The highest BCUT2D eigenvalue weighted by Gasteiger charge is 2.48. The Balaban J connectivity index is 1.71. The van der Waals surface area contributed by atoms with Gasteiger partial charge in [-0.05, 0) is 44.9 Å². The smallest absolute Gasteiger partial charge is 0.261 e. The zero-order valence-electron chi connectivity index (χ0n) is 11.6. The Kier molecular flexibility index (Phi) is 2.51. The molecule has 2 amide bonds. The molecule has 1 aromatic rings. The van der Waals surface area contributed by atoms with Crippen LogP contribution in [0.25, 0.3) is 0 Å². The van der Waals surface area contributed by atoms with Gasteiger partial charge in [0.25, 0.3) is 11.8 Å². The Morgan fingerprint density at radius 3 is 2.05 bits per heavy atom. The van der Waals surface area contributed by atoms with Crippen molar-refractivity contribution in [2.75, 3.05) is 7.05 Å². The molecule has 3 heterocycles. The molecule has 2 bridgehead atoms. The maximum absolute atomic E-state index is 12.6. The van der Waals surface area contributed by atoms with Crippen LogP contribution in [0.3, 0.4) is 0 Å². The molecule has 3 aliphatic heterocycles. The van der Waals surface area contributed by atoms with Gasteiger partial charge >= 0.3 is 0 Å². The van der Waals surface area contributed by atoms with Crippen LogP contribution in [0.15, 0.2) is 24.3 Å². The molecule has 0 saturated carbocycles. The zero-order chi connectivity index (χ0) is 13.9. The highest BCUT2D eigenvalue weighted by molar-refractivity contribution is 6.21. The number of amides is 2. The Morgan fingerprint density at radius 2 is 1.45 bits per heavy atom. The number of rotatable bonds is 1. The molecule has 0 aliphatic carbocycles. The zero-order valence-corrected chi connectivity index (χ0v) is 11.6. The minimum Gasteiger partial charge on any atom is -0.298 e. The van der Waals surface area contributed by atoms with Crippen LogP contribution in [-0.2, 0) is 0 Å². The van der Waals surface area contributed by atoms with Gasteiger partial charge in [-0.1, -0.05) is 12.1 Å². The van der Waals surface area contributed by atoms with Crippen molar-refractivity contribution in [1.82, 2.24) is 9.80 Å². The van der Waals surface area contributed by atoms with Crippen molar-refractivity contribution in [2.24, 2.45) is 0 Å². The van der Waals surface area contributed by atoms with Crippen LogP contribution in [0.5, 0.6) is 0 Å². The summed E-state index contributed by atoms with van der Waals surface area (Å²) in [6.45, 7) is 0. The van der Waals surface area contributed by atoms with Crippen molar-refractivity contribution in [3.63, 3.8) is 0 Å². The van der Waals surface area contributed by atoms with Gasteiger partial charge in [-0.15, -0.1) is 0 Å². The lowest BCUT2D eigenvalue weighted by atomic mass is 9.96. The Bertz CT molecular complexity index is 563. The summed E-state index contributed by atoms with van der Waals surface area (Å²) in [7, 11) is 2.13. The van der Waals surface area contributed by atoms with Crippen molar-refractivity contribution >= 4 is 11.8 Å². The summed E-state index contributed by atoms with van der Waals surface area (Å²) in [5, 5.41) is 0. The number of fused-ring (bicyclic) bond motifs is 3. The molecule has 2 fully saturated rings. The molecular formula is C16H18N2O2. The van der Waals surface area contributed by atoms with E-state index in [-0.39, 0.29) is 17.9 Å². The Morgan fingerprint density at radius 1 is 0.900 bits per heavy atom. The van der Waals surface area contributed by atoms with Gasteiger partial charge in [0, 0.05) is 12.1 Å². The first-order valence-corrected chi connectivity index (χ1v) is 7.37. The lowest BCUT2D eigenvalue weighted by Gasteiger charge is -2.41. The Hall–Kier alpha value is -1.68. The van der Waals surface area contributed by atoms with Crippen LogP contribution in [0, 0.1) is 0 Å². The van der Waals surface area contributed by atoms with Gasteiger partial charge in [0.15, 0.2) is 0 Å². The topological polar surface area (TPSA) is 40.6 Å². The number of hydrogen-bond donors (Lipinski definition) is 0. The van der Waals surface area contributed by atoms with Crippen LogP contribution in [0.4, 0.5) is 0 Å². The monoisotopic (exact) mass is 270 g/mol. The van der Waals surface area contributed by atoms with Crippen LogP contribution >= 0.6 is 0 Å². The average molecular weight is 270 g/mol. The SMILES string of the molecule is CN1[C@H]2CCC(N3C(=O)c4ccccc4C3=O)[C@@H]1CC2. The lowest BCUT2D eigenvalue weighted by molar-refractivity contribution is 0.0375. The van der Waals surface area contributed by atoms with E-state index in [0.29, 0.717) is 23.2 Å². The molecule has 3 aliphatic rings. The van der Waals surface area contributed by atoms with E-state index in [2.05, 4.69) is 11.9 Å². The second kappa shape index (κ2) is 4.16. The quantitative estimate of drug-likeness (QED) is 0.732. The molecule has 3 atom stereocenters. The van der Waals surface area contributed by atoms with E-state index in [4.69, 9.17) is 0 Å². The van der Waals surface area contributed by atoms with Crippen LogP contribution in [-0.4, -0.2) is 46.8 Å². The molecule has 4 heteroatoms. The van der Waals surface area contributed by atoms with E-state index in [9.17, 15) is 9.59 Å². The summed E-state index contributed by atoms with van der Waals surface area (Å²) in [6, 6.07) is 8.21. The van der Waals surface area contributed by atoms with Gasteiger partial charge in [0.1, 0.15) is 0 Å². The van der Waals surface area contributed by atoms with E-state index < -0.39 is 0 Å². The molecule has 0 aromatic heterocycles. The lowest BCUT2D eigenvalue weighted by Crippen LogP contribution is -2.54. The number of imide groups is 1. The summed E-state index contributed by atoms with van der Waals surface area (Å²) in [5.41, 5.74) is 1.14. The van der Waals surface area contributed by atoms with Gasteiger partial charge in [-0.25, -0.2) is 0 Å². The second-order valence-electron chi connectivity index (χ2n) is 6.13. The first-order valence-electron chi connectivity index (χ1n) is 7.37. The highest BCUT2D eigenvalue weighted by atomic mass is 16.2. The van der Waals surface area contributed by atoms with Crippen molar-refractivity contribution in [3.8, 4) is 0 Å². The molecule has 20 heavy (non-hydrogen) atoms. The maximum atomic E-state index is 12.6.